The number of thiazole rings is 1. The van der Waals surface area contributed by atoms with E-state index in [4.69, 9.17) is 0 Å². The number of benzene rings is 1. The molecule has 2 rings (SSSR count). The molecule has 0 bridgehead atoms. The summed E-state index contributed by atoms with van der Waals surface area (Å²) in [7, 11) is 1.90. The summed E-state index contributed by atoms with van der Waals surface area (Å²) >= 11 is 1.66. The molecule has 0 atom stereocenters. The molecule has 0 aliphatic rings. The summed E-state index contributed by atoms with van der Waals surface area (Å²) < 4.78 is 0. The Bertz CT molecular complexity index is 488. The minimum Gasteiger partial charge on any atom is -0.365 e. The van der Waals surface area contributed by atoms with Crippen molar-refractivity contribution in [3.63, 3.8) is 0 Å². The maximum atomic E-state index is 4.50. The highest BCUT2D eigenvalue weighted by Gasteiger charge is 2.04. The highest BCUT2D eigenvalue weighted by atomic mass is 32.1. The molecule has 84 valence electrons. The smallest absolute Gasteiger partial charge is 0.182 e. The minimum absolute atomic E-state index is 0.922. The Morgan fingerprint density at radius 3 is 2.81 bits per heavy atom. The van der Waals surface area contributed by atoms with Crippen molar-refractivity contribution in [2.24, 2.45) is 0 Å². The van der Waals surface area contributed by atoms with Crippen LogP contribution in [0.1, 0.15) is 22.4 Å². The Kier molecular flexibility index (Phi) is 3.25. The van der Waals surface area contributed by atoms with E-state index in [0.717, 1.165) is 17.2 Å². The molecule has 0 saturated heterocycles. The molecule has 1 heterocycles. The van der Waals surface area contributed by atoms with Crippen LogP contribution in [-0.2, 0) is 6.42 Å². The summed E-state index contributed by atoms with van der Waals surface area (Å²) in [6, 6.07) is 6.57. The first-order valence-electron chi connectivity index (χ1n) is 5.37. The number of hydrogen-bond donors (Lipinski definition) is 1. The second-order valence-corrected chi connectivity index (χ2v) is 4.86. The number of hydrogen-bond acceptors (Lipinski definition) is 3. The van der Waals surface area contributed by atoms with Crippen LogP contribution in [-0.4, -0.2) is 12.0 Å². The Balaban J connectivity index is 2.22. The first-order valence-corrected chi connectivity index (χ1v) is 6.25. The van der Waals surface area contributed by atoms with E-state index >= 15 is 0 Å². The van der Waals surface area contributed by atoms with Gasteiger partial charge in [0.2, 0.25) is 0 Å². The van der Waals surface area contributed by atoms with E-state index in [2.05, 4.69) is 47.7 Å². The van der Waals surface area contributed by atoms with Gasteiger partial charge in [-0.3, -0.25) is 0 Å². The lowest BCUT2D eigenvalue weighted by Crippen LogP contribution is -1.94. The molecule has 2 aromatic rings. The number of nitrogens with zero attached hydrogens (tertiary/aromatic N) is 1. The third kappa shape index (κ3) is 2.42. The van der Waals surface area contributed by atoms with E-state index in [-0.39, 0.29) is 0 Å². The van der Waals surface area contributed by atoms with Crippen molar-refractivity contribution in [3.05, 3.63) is 46.0 Å². The molecule has 0 radical (unpaired) electrons. The Labute approximate surface area is 100 Å². The van der Waals surface area contributed by atoms with Gasteiger partial charge in [0.1, 0.15) is 0 Å². The van der Waals surface area contributed by atoms with Crippen LogP contribution in [0.5, 0.6) is 0 Å². The second-order valence-electron chi connectivity index (χ2n) is 4.00. The molecule has 0 amide bonds. The van der Waals surface area contributed by atoms with Gasteiger partial charge in [-0.1, -0.05) is 23.8 Å². The van der Waals surface area contributed by atoms with E-state index < -0.39 is 0 Å². The maximum absolute atomic E-state index is 4.50. The normalized spacial score (nSPS) is 10.4. The van der Waals surface area contributed by atoms with Gasteiger partial charge in [0.15, 0.2) is 5.13 Å². The van der Waals surface area contributed by atoms with Gasteiger partial charge in [-0.15, -0.1) is 11.3 Å². The van der Waals surface area contributed by atoms with Crippen LogP contribution in [0.15, 0.2) is 23.6 Å². The lowest BCUT2D eigenvalue weighted by atomic mass is 10.0. The van der Waals surface area contributed by atoms with Crippen molar-refractivity contribution >= 4 is 16.5 Å². The largest absolute Gasteiger partial charge is 0.365 e. The molecule has 1 aromatic carbocycles. The first kappa shape index (κ1) is 11.1. The molecular weight excluding hydrogens is 216 g/mol. The number of aryl methyl sites for hydroxylation is 2. The predicted octanol–water partition coefficient (Wildman–Crippen LogP) is 3.39. The number of aromatic nitrogens is 1. The summed E-state index contributed by atoms with van der Waals surface area (Å²) in [4.78, 5) is 4.50. The van der Waals surface area contributed by atoms with Gasteiger partial charge < -0.3 is 5.32 Å². The Morgan fingerprint density at radius 1 is 1.31 bits per heavy atom. The van der Waals surface area contributed by atoms with Gasteiger partial charge >= 0.3 is 0 Å². The predicted molar refractivity (Wildman–Crippen MR) is 70.4 cm³/mol. The fourth-order valence-electron chi connectivity index (χ4n) is 1.69. The topological polar surface area (TPSA) is 24.9 Å². The van der Waals surface area contributed by atoms with E-state index in [9.17, 15) is 0 Å². The highest BCUT2D eigenvalue weighted by Crippen LogP contribution is 2.19. The molecule has 1 N–H and O–H groups in total. The lowest BCUT2D eigenvalue weighted by Gasteiger charge is -2.05. The van der Waals surface area contributed by atoms with Crippen molar-refractivity contribution in [2.45, 2.75) is 20.3 Å². The lowest BCUT2D eigenvalue weighted by molar-refractivity contribution is 1.08. The van der Waals surface area contributed by atoms with Gasteiger partial charge in [-0.05, 0) is 25.0 Å². The molecule has 0 fully saturated rings. The summed E-state index contributed by atoms with van der Waals surface area (Å²) in [5, 5.41) is 6.17. The summed E-state index contributed by atoms with van der Waals surface area (Å²) in [6.45, 7) is 4.28. The fourth-order valence-corrected chi connectivity index (χ4v) is 2.36. The summed E-state index contributed by atoms with van der Waals surface area (Å²) in [5.74, 6) is 0. The number of nitrogens with one attached hydrogen (secondary N) is 1. The standard InChI is InChI=1S/C13H16N2S/c1-9-4-5-10(2)11(6-9)7-12-8-16-13(14-3)15-12/h4-6,8H,7H2,1-3H3,(H,14,15). The first-order chi connectivity index (χ1) is 7.69. The monoisotopic (exact) mass is 232 g/mol. The zero-order valence-corrected chi connectivity index (χ0v) is 10.7. The quantitative estimate of drug-likeness (QED) is 0.877. The van der Waals surface area contributed by atoms with Crippen LogP contribution in [0.2, 0.25) is 0 Å². The van der Waals surface area contributed by atoms with Crippen LogP contribution < -0.4 is 5.32 Å². The molecule has 3 heteroatoms. The molecule has 2 nitrogen and oxygen atoms in total. The maximum Gasteiger partial charge on any atom is 0.182 e. The van der Waals surface area contributed by atoms with Crippen LogP contribution in [0.25, 0.3) is 0 Å². The van der Waals surface area contributed by atoms with Crippen molar-refractivity contribution in [3.8, 4) is 0 Å². The van der Waals surface area contributed by atoms with Gasteiger partial charge in [0.25, 0.3) is 0 Å². The summed E-state index contributed by atoms with van der Waals surface area (Å²) in [6.07, 6.45) is 0.922. The molecule has 1 aromatic heterocycles. The summed E-state index contributed by atoms with van der Waals surface area (Å²) in [5.41, 5.74) is 5.16. The van der Waals surface area contributed by atoms with Crippen LogP contribution in [0.3, 0.4) is 0 Å². The third-order valence-corrected chi connectivity index (χ3v) is 3.55. The molecule has 0 spiro atoms. The highest BCUT2D eigenvalue weighted by molar-refractivity contribution is 7.13. The molecule has 0 unspecified atom stereocenters. The van der Waals surface area contributed by atoms with Crippen LogP contribution >= 0.6 is 11.3 Å². The molecule has 0 aliphatic heterocycles. The van der Waals surface area contributed by atoms with Crippen molar-refractivity contribution in [1.29, 1.82) is 0 Å². The van der Waals surface area contributed by atoms with Crippen molar-refractivity contribution in [2.75, 3.05) is 12.4 Å². The van der Waals surface area contributed by atoms with Gasteiger partial charge in [0.05, 0.1) is 5.69 Å². The SMILES string of the molecule is CNc1nc(Cc2cc(C)ccc2C)cs1. The van der Waals surface area contributed by atoms with Crippen molar-refractivity contribution in [1.82, 2.24) is 4.98 Å². The zero-order valence-electron chi connectivity index (χ0n) is 9.87. The molecular formula is C13H16N2S. The third-order valence-electron chi connectivity index (χ3n) is 2.64. The Hall–Kier alpha value is -1.35. The number of rotatable bonds is 3. The average Bonchev–Trinajstić information content (AvgIpc) is 2.71. The number of anilines is 1. The zero-order chi connectivity index (χ0) is 11.5. The Morgan fingerprint density at radius 2 is 2.12 bits per heavy atom. The van der Waals surface area contributed by atoms with Gasteiger partial charge in [-0.25, -0.2) is 4.98 Å². The van der Waals surface area contributed by atoms with E-state index in [1.54, 1.807) is 11.3 Å². The van der Waals surface area contributed by atoms with Gasteiger partial charge in [0, 0.05) is 18.8 Å². The fraction of sp³-hybridized carbons (Fsp3) is 0.308. The molecule has 0 saturated carbocycles. The molecule has 16 heavy (non-hydrogen) atoms. The molecule has 0 aliphatic carbocycles. The van der Waals surface area contributed by atoms with Gasteiger partial charge in [-0.2, -0.15) is 0 Å². The average molecular weight is 232 g/mol. The van der Waals surface area contributed by atoms with E-state index in [1.165, 1.54) is 16.7 Å². The minimum atomic E-state index is 0.922. The van der Waals surface area contributed by atoms with E-state index in [0.29, 0.717) is 0 Å². The van der Waals surface area contributed by atoms with Crippen LogP contribution in [0, 0.1) is 13.8 Å². The second kappa shape index (κ2) is 4.66. The van der Waals surface area contributed by atoms with E-state index in [1.807, 2.05) is 7.05 Å². The van der Waals surface area contributed by atoms with Crippen molar-refractivity contribution < 1.29 is 0 Å². The van der Waals surface area contributed by atoms with Crippen LogP contribution in [0.4, 0.5) is 5.13 Å².